The number of carbonyl (C=O) groups is 1. The predicted molar refractivity (Wildman–Crippen MR) is 121 cm³/mol. The van der Waals surface area contributed by atoms with E-state index < -0.39 is 16.4 Å². The molecule has 3 aromatic rings. The van der Waals surface area contributed by atoms with Gasteiger partial charge in [0.15, 0.2) is 5.82 Å². The summed E-state index contributed by atoms with van der Waals surface area (Å²) in [6, 6.07) is 6.78. The van der Waals surface area contributed by atoms with Crippen LogP contribution in [0.1, 0.15) is 6.92 Å². The van der Waals surface area contributed by atoms with Crippen molar-refractivity contribution in [3.05, 3.63) is 57.5 Å². The highest BCUT2D eigenvalue weighted by atomic mass is 35.5. The van der Waals surface area contributed by atoms with Crippen molar-refractivity contribution >= 4 is 52.0 Å². The van der Waals surface area contributed by atoms with E-state index in [9.17, 15) is 19.3 Å². The Morgan fingerprint density at radius 2 is 1.82 bits per heavy atom. The van der Waals surface area contributed by atoms with Gasteiger partial charge in [-0.1, -0.05) is 11.6 Å². The molecule has 2 aromatic carbocycles. The van der Waals surface area contributed by atoms with Gasteiger partial charge in [-0.05, 0) is 12.1 Å². The third kappa shape index (κ3) is 5.54. The maximum Gasteiger partial charge on any atom is 0.307 e. The highest BCUT2D eigenvalue weighted by Crippen LogP contribution is 2.35. The van der Waals surface area contributed by atoms with Gasteiger partial charge in [-0.25, -0.2) is 4.98 Å². The molecule has 33 heavy (non-hydrogen) atoms. The summed E-state index contributed by atoms with van der Waals surface area (Å²) in [7, 11) is 2.75. The summed E-state index contributed by atoms with van der Waals surface area (Å²) in [6.07, 6.45) is 1.31. The zero-order valence-corrected chi connectivity index (χ0v) is 18.4. The van der Waals surface area contributed by atoms with E-state index in [1.165, 1.54) is 27.3 Å². The number of rotatable bonds is 8. The van der Waals surface area contributed by atoms with Crippen LogP contribution in [0.5, 0.6) is 11.5 Å². The Hall–Kier alpha value is -4.19. The Labute approximate surface area is 192 Å². The van der Waals surface area contributed by atoms with E-state index in [4.69, 9.17) is 21.1 Å². The Morgan fingerprint density at radius 3 is 2.45 bits per heavy atom. The first-order chi connectivity index (χ1) is 15.7. The van der Waals surface area contributed by atoms with Crippen LogP contribution in [0.2, 0.25) is 5.02 Å². The molecule has 1 heterocycles. The summed E-state index contributed by atoms with van der Waals surface area (Å²) >= 11 is 6.21. The maximum atomic E-state index is 13.9. The van der Waals surface area contributed by atoms with Crippen LogP contribution in [0, 0.1) is 15.9 Å². The molecule has 0 unspecified atom stereocenters. The smallest absolute Gasteiger partial charge is 0.307 e. The Kier molecular flexibility index (Phi) is 7.08. The number of nitro benzene ring substituents is 1. The highest BCUT2D eigenvalue weighted by Gasteiger charge is 2.20. The van der Waals surface area contributed by atoms with Gasteiger partial charge in [0.1, 0.15) is 16.5 Å². The molecule has 0 bridgehead atoms. The molecule has 0 fully saturated rings. The fraction of sp³-hybridized carbons (Fsp3) is 0.150. The average molecular weight is 477 g/mol. The molecule has 0 aliphatic heterocycles. The van der Waals surface area contributed by atoms with Gasteiger partial charge in [0.25, 0.3) is 0 Å². The van der Waals surface area contributed by atoms with Gasteiger partial charge in [0.05, 0.1) is 36.7 Å². The van der Waals surface area contributed by atoms with Crippen LogP contribution in [-0.2, 0) is 4.79 Å². The van der Waals surface area contributed by atoms with Crippen molar-refractivity contribution in [1.29, 1.82) is 0 Å². The zero-order chi connectivity index (χ0) is 24.1. The standard InChI is InChI=1S/C20H18ClFN6O5/c1-10(29)24-11-4-5-14(17(6-11)32-2)25-19-12(21)9-23-20(27-19)26-15-8-16(28(30)31)13(22)7-18(15)33-3/h4-9H,1-3H3,(H,24,29)(H2,23,25,26,27). The first-order valence-electron chi connectivity index (χ1n) is 9.26. The molecule has 0 saturated carbocycles. The summed E-state index contributed by atoms with van der Waals surface area (Å²) in [5.74, 6) is -0.659. The number of hydrogen-bond acceptors (Lipinski definition) is 9. The number of nitrogens with one attached hydrogen (secondary N) is 3. The van der Waals surface area contributed by atoms with Gasteiger partial charge >= 0.3 is 5.69 Å². The van der Waals surface area contributed by atoms with E-state index in [1.54, 1.807) is 18.2 Å². The third-order valence-electron chi connectivity index (χ3n) is 4.23. The van der Waals surface area contributed by atoms with Gasteiger partial charge in [-0.2, -0.15) is 9.37 Å². The molecule has 1 aromatic heterocycles. The predicted octanol–water partition coefficient (Wildman–Crippen LogP) is 4.64. The number of halogens is 2. The quantitative estimate of drug-likeness (QED) is 0.313. The second kappa shape index (κ2) is 9.96. The molecule has 0 aliphatic rings. The number of carbonyl (C=O) groups excluding carboxylic acids is 1. The van der Waals surface area contributed by atoms with E-state index in [1.807, 2.05) is 0 Å². The Bertz CT molecular complexity index is 1230. The zero-order valence-electron chi connectivity index (χ0n) is 17.6. The lowest BCUT2D eigenvalue weighted by Gasteiger charge is -2.15. The molecule has 3 N–H and O–H groups in total. The highest BCUT2D eigenvalue weighted by molar-refractivity contribution is 6.33. The van der Waals surface area contributed by atoms with Crippen LogP contribution in [-0.4, -0.2) is 35.0 Å². The topological polar surface area (TPSA) is 141 Å². The molecule has 172 valence electrons. The van der Waals surface area contributed by atoms with E-state index >= 15 is 0 Å². The number of ether oxygens (including phenoxy) is 2. The van der Waals surface area contributed by atoms with Gasteiger partial charge in [0, 0.05) is 30.8 Å². The van der Waals surface area contributed by atoms with Crippen molar-refractivity contribution in [2.24, 2.45) is 0 Å². The second-order valence-electron chi connectivity index (χ2n) is 6.50. The van der Waals surface area contributed by atoms with Crippen molar-refractivity contribution in [2.45, 2.75) is 6.92 Å². The summed E-state index contributed by atoms with van der Waals surface area (Å²) in [6.45, 7) is 1.39. The van der Waals surface area contributed by atoms with Crippen LogP contribution < -0.4 is 25.4 Å². The number of amides is 1. The van der Waals surface area contributed by atoms with Gasteiger partial charge in [-0.15, -0.1) is 0 Å². The SMILES string of the molecule is COc1cc(F)c([N+](=O)[O-])cc1Nc1ncc(Cl)c(Nc2ccc(NC(C)=O)cc2OC)n1. The summed E-state index contributed by atoms with van der Waals surface area (Å²) in [5.41, 5.74) is 0.366. The molecule has 0 saturated heterocycles. The number of methoxy groups -OCH3 is 2. The Morgan fingerprint density at radius 1 is 1.12 bits per heavy atom. The minimum Gasteiger partial charge on any atom is -0.494 e. The van der Waals surface area contributed by atoms with Crippen LogP contribution >= 0.6 is 11.6 Å². The van der Waals surface area contributed by atoms with Crippen molar-refractivity contribution in [2.75, 3.05) is 30.2 Å². The summed E-state index contributed by atoms with van der Waals surface area (Å²) < 4.78 is 24.3. The number of nitrogens with zero attached hydrogens (tertiary/aromatic N) is 3. The van der Waals surface area contributed by atoms with Crippen LogP contribution in [0.4, 0.5) is 38.9 Å². The maximum absolute atomic E-state index is 13.9. The van der Waals surface area contributed by atoms with E-state index in [-0.39, 0.29) is 34.1 Å². The largest absolute Gasteiger partial charge is 0.494 e. The Balaban J connectivity index is 1.92. The normalized spacial score (nSPS) is 10.3. The molecule has 3 rings (SSSR count). The minimum atomic E-state index is -1.04. The second-order valence-corrected chi connectivity index (χ2v) is 6.90. The monoisotopic (exact) mass is 476 g/mol. The molecule has 11 nitrogen and oxygen atoms in total. The summed E-state index contributed by atoms with van der Waals surface area (Å²) in [5, 5.41) is 19.7. The number of anilines is 5. The van der Waals surface area contributed by atoms with Gasteiger partial charge < -0.3 is 25.4 Å². The lowest BCUT2D eigenvalue weighted by molar-refractivity contribution is -0.387. The number of hydrogen-bond donors (Lipinski definition) is 3. The molecule has 0 aliphatic carbocycles. The first-order valence-corrected chi connectivity index (χ1v) is 9.63. The average Bonchev–Trinajstić information content (AvgIpc) is 2.77. The van der Waals surface area contributed by atoms with Crippen molar-refractivity contribution < 1.29 is 23.6 Å². The summed E-state index contributed by atoms with van der Waals surface area (Å²) in [4.78, 5) is 29.8. The van der Waals surface area contributed by atoms with Gasteiger partial charge in [0.2, 0.25) is 17.7 Å². The van der Waals surface area contributed by atoms with Crippen molar-refractivity contribution in [3.63, 3.8) is 0 Å². The number of nitro groups is 1. The molecule has 13 heteroatoms. The van der Waals surface area contributed by atoms with E-state index in [0.29, 0.717) is 17.1 Å². The molecule has 0 atom stereocenters. The van der Waals surface area contributed by atoms with Crippen molar-refractivity contribution in [1.82, 2.24) is 9.97 Å². The lowest BCUT2D eigenvalue weighted by atomic mass is 10.2. The first kappa shape index (κ1) is 23.5. The fourth-order valence-corrected chi connectivity index (χ4v) is 2.93. The molecule has 0 spiro atoms. The van der Waals surface area contributed by atoms with Crippen molar-refractivity contribution in [3.8, 4) is 11.5 Å². The van der Waals surface area contributed by atoms with Crippen LogP contribution in [0.15, 0.2) is 36.5 Å². The molecule has 1 amide bonds. The number of aromatic nitrogens is 2. The van der Waals surface area contributed by atoms with Gasteiger partial charge in [-0.3, -0.25) is 14.9 Å². The third-order valence-corrected chi connectivity index (χ3v) is 4.51. The van der Waals surface area contributed by atoms with Crippen LogP contribution in [0.25, 0.3) is 0 Å². The molecular formula is C20H18ClFN6O5. The molecule has 0 radical (unpaired) electrons. The lowest BCUT2D eigenvalue weighted by Crippen LogP contribution is -2.07. The minimum absolute atomic E-state index is 0.00920. The number of benzene rings is 2. The molecular weight excluding hydrogens is 459 g/mol. The van der Waals surface area contributed by atoms with E-state index in [0.717, 1.165) is 12.1 Å². The fourth-order valence-electron chi connectivity index (χ4n) is 2.79. The van der Waals surface area contributed by atoms with Crippen LogP contribution in [0.3, 0.4) is 0 Å². The van der Waals surface area contributed by atoms with E-state index in [2.05, 4.69) is 25.9 Å².